The van der Waals surface area contributed by atoms with Crippen molar-refractivity contribution in [3.05, 3.63) is 90.1 Å². The molecule has 20 nitrogen and oxygen atoms in total. The van der Waals surface area contributed by atoms with E-state index in [1.54, 1.807) is 6.20 Å². The molecule has 0 saturated carbocycles. The molecule has 2 heterocycles. The molecule has 0 aliphatic heterocycles. The number of aliphatic imine (C=N–C) groups is 1. The van der Waals surface area contributed by atoms with Gasteiger partial charge in [0.05, 0.1) is 6.33 Å². The van der Waals surface area contributed by atoms with E-state index < -0.39 is 77.6 Å². The van der Waals surface area contributed by atoms with Crippen LogP contribution in [0.1, 0.15) is 76.1 Å². The summed E-state index contributed by atoms with van der Waals surface area (Å²) in [6.45, 7) is 4.82. The van der Waals surface area contributed by atoms with Crippen LogP contribution in [0.3, 0.4) is 0 Å². The molecule has 0 aliphatic rings. The number of guanidine groups is 1. The first-order valence-corrected chi connectivity index (χ1v) is 21.3. The van der Waals surface area contributed by atoms with Gasteiger partial charge in [-0.1, -0.05) is 68.3 Å². The van der Waals surface area contributed by atoms with E-state index in [0.29, 0.717) is 25.0 Å². The van der Waals surface area contributed by atoms with Crippen LogP contribution < -0.4 is 49.1 Å². The number of unbranched alkanes of at least 4 members (excludes halogenated alkanes) is 1. The second kappa shape index (κ2) is 25.0. The number of carbonyl (C=O) groups is 7. The van der Waals surface area contributed by atoms with Gasteiger partial charge < -0.3 is 59.1 Å². The summed E-state index contributed by atoms with van der Waals surface area (Å²) in [6.07, 6.45) is 7.12. The van der Waals surface area contributed by atoms with Gasteiger partial charge >= 0.3 is 0 Å². The number of hydrogen-bond acceptors (Lipinski definition) is 9. The van der Waals surface area contributed by atoms with Crippen LogP contribution in [0.4, 0.5) is 0 Å². The number of nitrogens with one attached hydrogen (secondary N) is 8. The number of aromatic amines is 2. The number of aryl methyl sites for hydroxylation is 1. The van der Waals surface area contributed by atoms with Gasteiger partial charge in [-0.3, -0.25) is 38.6 Å². The number of nitrogens with zero attached hydrogens (tertiary/aromatic N) is 2. The lowest BCUT2D eigenvalue weighted by molar-refractivity contribution is -0.135. The van der Waals surface area contributed by atoms with Crippen molar-refractivity contribution in [3.8, 4) is 0 Å². The molecule has 4 aromatic rings. The van der Waals surface area contributed by atoms with Crippen molar-refractivity contribution in [2.75, 3.05) is 6.54 Å². The van der Waals surface area contributed by atoms with Gasteiger partial charge in [0.1, 0.15) is 36.3 Å². The van der Waals surface area contributed by atoms with Crippen LogP contribution in [0.5, 0.6) is 0 Å². The highest BCUT2D eigenvalue weighted by Crippen LogP contribution is 2.19. The summed E-state index contributed by atoms with van der Waals surface area (Å²) < 4.78 is 0. The maximum absolute atomic E-state index is 14.3. The third-order valence-corrected chi connectivity index (χ3v) is 10.4. The van der Waals surface area contributed by atoms with Gasteiger partial charge in [-0.2, -0.15) is 0 Å². The number of rotatable bonds is 26. The van der Waals surface area contributed by atoms with Crippen molar-refractivity contribution in [2.45, 2.75) is 115 Å². The average molecular weight is 884 g/mol. The summed E-state index contributed by atoms with van der Waals surface area (Å²) in [5.41, 5.74) is 19.8. The molecule has 20 heteroatoms. The number of para-hydroxylation sites is 1. The van der Waals surface area contributed by atoms with Crippen LogP contribution in [0.25, 0.3) is 10.9 Å². The Hall–Kier alpha value is -7.25. The van der Waals surface area contributed by atoms with Crippen LogP contribution in [0.15, 0.2) is 78.3 Å². The van der Waals surface area contributed by atoms with E-state index in [1.807, 2.05) is 61.5 Å². The van der Waals surface area contributed by atoms with Crippen LogP contribution in [-0.2, 0) is 52.8 Å². The van der Waals surface area contributed by atoms with Gasteiger partial charge in [-0.05, 0) is 56.2 Å². The van der Waals surface area contributed by atoms with E-state index in [-0.39, 0.29) is 44.6 Å². The fraction of sp³-hybridized carbons (Fsp3) is 0.432. The summed E-state index contributed by atoms with van der Waals surface area (Å²) in [6, 6.07) is 9.83. The summed E-state index contributed by atoms with van der Waals surface area (Å²) in [5.74, 6) is -4.77. The number of aromatic nitrogens is 3. The SMILES string of the molecule is CCCC[C@H](NC(C)=O)C(=O)N[C@@H](C)C(=O)N[C@@H](Cc1cnc[nH]1)C(=O)N[C@H](CCc1ccccc1)C(=O)N[C@@H](CCCN=C(N)N)C(=O)N[C@@H](Cc1c[nH]c2ccccc12)C(N)=O. The third-order valence-electron chi connectivity index (χ3n) is 10.4. The van der Waals surface area contributed by atoms with Gasteiger partial charge in [-0.15, -0.1) is 0 Å². The Bertz CT molecular complexity index is 2210. The molecule has 2 aromatic heterocycles. The number of primary amides is 1. The second-order valence-corrected chi connectivity index (χ2v) is 15.6. The Balaban J connectivity index is 1.57. The summed E-state index contributed by atoms with van der Waals surface area (Å²) >= 11 is 0. The molecule has 64 heavy (non-hydrogen) atoms. The highest BCUT2D eigenvalue weighted by atomic mass is 16.2. The van der Waals surface area contributed by atoms with Gasteiger partial charge in [0.2, 0.25) is 41.4 Å². The van der Waals surface area contributed by atoms with E-state index in [2.05, 4.69) is 51.8 Å². The predicted octanol–water partition coefficient (Wildman–Crippen LogP) is -0.0133. The Morgan fingerprint density at radius 1 is 0.672 bits per heavy atom. The maximum atomic E-state index is 14.3. The Kier molecular flexibility index (Phi) is 19.3. The van der Waals surface area contributed by atoms with Crippen molar-refractivity contribution < 1.29 is 33.6 Å². The number of nitrogens with two attached hydrogens (primary N) is 3. The summed E-state index contributed by atoms with van der Waals surface area (Å²) in [4.78, 5) is 108. The van der Waals surface area contributed by atoms with Crippen molar-refractivity contribution in [1.82, 2.24) is 46.9 Å². The fourth-order valence-electron chi connectivity index (χ4n) is 6.98. The van der Waals surface area contributed by atoms with E-state index in [0.717, 1.165) is 28.5 Å². The van der Waals surface area contributed by atoms with Crippen LogP contribution >= 0.6 is 0 Å². The standard InChI is InChI=1S/C44H61N13O7/c1-4-5-15-33(53-27(3)58)40(61)52-26(2)39(60)57-37(22-30-24-48-25-51-30)43(64)55-35(19-18-28-12-7-6-8-13-28)42(63)54-34(17-11-20-49-44(46)47)41(62)56-36(38(45)59)21-29-23-50-32-16-10-9-14-31(29)32/h6-10,12-14,16,23-26,33-37,50H,4-5,11,15,17-22H2,1-3H3,(H2,45,59)(H,48,51)(H,52,61)(H,53,58)(H,54,63)(H,55,64)(H,56,62)(H,57,60)(H4,46,47,49)/t26-,33-,34-,35+,36-,37-/m0/s1. The molecular formula is C44H61N13O7. The predicted molar refractivity (Wildman–Crippen MR) is 241 cm³/mol. The number of amides is 7. The second-order valence-electron chi connectivity index (χ2n) is 15.6. The number of imidazole rings is 1. The zero-order valence-electron chi connectivity index (χ0n) is 36.4. The van der Waals surface area contributed by atoms with E-state index in [9.17, 15) is 33.6 Å². The number of hydrogen-bond donors (Lipinski definition) is 11. The van der Waals surface area contributed by atoms with Gasteiger partial charge in [0.15, 0.2) is 5.96 Å². The minimum atomic E-state index is -1.27. The molecule has 0 unspecified atom stereocenters. The largest absolute Gasteiger partial charge is 0.370 e. The number of carbonyl (C=O) groups excluding carboxylic acids is 7. The molecule has 6 atom stereocenters. The summed E-state index contributed by atoms with van der Waals surface area (Å²) in [7, 11) is 0. The lowest BCUT2D eigenvalue weighted by atomic mass is 10.0. The summed E-state index contributed by atoms with van der Waals surface area (Å²) in [5, 5.41) is 17.0. The molecule has 0 spiro atoms. The third kappa shape index (κ3) is 15.9. The first kappa shape index (κ1) is 49.4. The van der Waals surface area contributed by atoms with Gasteiger partial charge in [0, 0.05) is 55.3 Å². The molecule has 7 amide bonds. The molecule has 2 aromatic carbocycles. The lowest BCUT2D eigenvalue weighted by Gasteiger charge is -2.27. The van der Waals surface area contributed by atoms with Crippen LogP contribution in [0, 0.1) is 0 Å². The van der Waals surface area contributed by atoms with Crippen molar-refractivity contribution >= 4 is 58.2 Å². The molecule has 0 aliphatic carbocycles. The first-order valence-electron chi connectivity index (χ1n) is 21.3. The maximum Gasteiger partial charge on any atom is 0.243 e. The molecule has 4 rings (SSSR count). The minimum Gasteiger partial charge on any atom is -0.370 e. The van der Waals surface area contributed by atoms with Crippen LogP contribution in [-0.4, -0.2) is 105 Å². The van der Waals surface area contributed by atoms with Crippen LogP contribution in [0.2, 0.25) is 0 Å². The van der Waals surface area contributed by atoms with E-state index in [1.165, 1.54) is 26.4 Å². The topological polar surface area (TPSA) is 327 Å². The Morgan fingerprint density at radius 3 is 1.91 bits per heavy atom. The first-order chi connectivity index (χ1) is 30.6. The number of benzene rings is 2. The molecule has 0 fully saturated rings. The highest BCUT2D eigenvalue weighted by Gasteiger charge is 2.33. The zero-order chi connectivity index (χ0) is 46.6. The normalized spacial score (nSPS) is 13.8. The molecular weight excluding hydrogens is 823 g/mol. The minimum absolute atomic E-state index is 0.0373. The zero-order valence-corrected chi connectivity index (χ0v) is 36.4. The molecule has 344 valence electrons. The number of fused-ring (bicyclic) bond motifs is 1. The molecule has 0 saturated heterocycles. The van der Waals surface area contributed by atoms with Crippen molar-refractivity contribution in [3.63, 3.8) is 0 Å². The number of H-pyrrole nitrogens is 2. The quantitative estimate of drug-likeness (QED) is 0.0228. The Labute approximate surface area is 371 Å². The highest BCUT2D eigenvalue weighted by molar-refractivity contribution is 5.97. The van der Waals surface area contributed by atoms with E-state index in [4.69, 9.17) is 17.2 Å². The smallest absolute Gasteiger partial charge is 0.243 e. The Morgan fingerprint density at radius 2 is 1.27 bits per heavy atom. The average Bonchev–Trinajstić information content (AvgIpc) is 3.94. The fourth-order valence-corrected chi connectivity index (χ4v) is 6.98. The van der Waals surface area contributed by atoms with Crippen molar-refractivity contribution in [2.24, 2.45) is 22.2 Å². The van der Waals surface area contributed by atoms with E-state index >= 15 is 0 Å². The molecule has 0 bridgehead atoms. The van der Waals surface area contributed by atoms with Gasteiger partial charge in [0.25, 0.3) is 0 Å². The monoisotopic (exact) mass is 883 g/mol. The van der Waals surface area contributed by atoms with Crippen molar-refractivity contribution in [1.29, 1.82) is 0 Å². The molecule has 14 N–H and O–H groups in total. The van der Waals surface area contributed by atoms with Gasteiger partial charge in [-0.25, -0.2) is 4.98 Å². The molecule has 0 radical (unpaired) electrons. The lowest BCUT2D eigenvalue weighted by Crippen LogP contribution is -2.59.